The molecule has 1 amide bonds. The molecule has 2 bridgehead atoms. The fraction of sp³-hybridized carbons (Fsp3) is 0.467. The number of aliphatic carboxylic acids is 1. The molecule has 5 nitrogen and oxygen atoms in total. The minimum atomic E-state index is -0.974. The van der Waals surface area contributed by atoms with Crippen molar-refractivity contribution in [1.29, 1.82) is 0 Å². The average molecular weight is 310 g/mol. The minimum Gasteiger partial charge on any atom is -0.481 e. The zero-order chi connectivity index (χ0) is 15.1. The van der Waals surface area contributed by atoms with E-state index in [0.29, 0.717) is 17.1 Å². The lowest BCUT2D eigenvalue weighted by Gasteiger charge is -2.24. The van der Waals surface area contributed by atoms with E-state index in [1.807, 2.05) is 13.0 Å². The Morgan fingerprint density at radius 3 is 2.57 bits per heavy atom. The van der Waals surface area contributed by atoms with Crippen LogP contribution in [0.3, 0.4) is 0 Å². The van der Waals surface area contributed by atoms with Crippen molar-refractivity contribution in [3.8, 4) is 0 Å². The number of benzene rings is 1. The second-order valence-electron chi connectivity index (χ2n) is 5.60. The molecule has 4 unspecified atom stereocenters. The van der Waals surface area contributed by atoms with Crippen LogP contribution in [0.5, 0.6) is 0 Å². The summed E-state index contributed by atoms with van der Waals surface area (Å²) < 4.78 is 5.60. The van der Waals surface area contributed by atoms with Gasteiger partial charge in [0.1, 0.15) is 0 Å². The molecule has 1 aromatic rings. The number of carbonyl (C=O) groups excluding carboxylic acids is 1. The van der Waals surface area contributed by atoms with Gasteiger partial charge in [-0.1, -0.05) is 23.7 Å². The maximum Gasteiger partial charge on any atom is 0.310 e. The topological polar surface area (TPSA) is 75.6 Å². The monoisotopic (exact) mass is 309 g/mol. The number of fused-ring (bicyclic) bond motifs is 2. The average Bonchev–Trinajstić information content (AvgIpc) is 3.03. The summed E-state index contributed by atoms with van der Waals surface area (Å²) in [6.07, 6.45) is 0.777. The number of carboxylic acids is 1. The summed E-state index contributed by atoms with van der Waals surface area (Å²) in [6, 6.07) is 5.33. The number of rotatable bonds is 3. The number of para-hydroxylation sites is 1. The third kappa shape index (κ3) is 2.40. The third-order valence-corrected chi connectivity index (χ3v) is 4.65. The molecule has 0 saturated carbocycles. The number of carbonyl (C=O) groups is 2. The summed E-state index contributed by atoms with van der Waals surface area (Å²) in [4.78, 5) is 23.9. The zero-order valence-electron chi connectivity index (χ0n) is 11.5. The molecule has 2 aliphatic rings. The normalized spacial score (nSPS) is 30.4. The number of nitrogens with one attached hydrogen (secondary N) is 1. The van der Waals surface area contributed by atoms with E-state index in [4.69, 9.17) is 16.3 Å². The summed E-state index contributed by atoms with van der Waals surface area (Å²) in [6.45, 7) is 1.84. The number of ether oxygens (including phenoxy) is 1. The van der Waals surface area contributed by atoms with Crippen LogP contribution in [0.25, 0.3) is 0 Å². The van der Waals surface area contributed by atoms with E-state index in [0.717, 1.165) is 12.0 Å². The number of carboxylic acid groups (broad SMARTS) is 1. The Morgan fingerprint density at radius 2 is 1.95 bits per heavy atom. The van der Waals surface area contributed by atoms with Gasteiger partial charge in [0.05, 0.1) is 34.8 Å². The highest BCUT2D eigenvalue weighted by molar-refractivity contribution is 6.34. The van der Waals surface area contributed by atoms with Crippen molar-refractivity contribution in [2.75, 3.05) is 5.32 Å². The molecule has 2 saturated heterocycles. The Labute approximate surface area is 127 Å². The number of halogens is 1. The molecule has 0 spiro atoms. The Morgan fingerprint density at radius 1 is 1.29 bits per heavy atom. The van der Waals surface area contributed by atoms with Gasteiger partial charge >= 0.3 is 5.97 Å². The van der Waals surface area contributed by atoms with Crippen molar-refractivity contribution in [2.24, 2.45) is 11.8 Å². The van der Waals surface area contributed by atoms with Crippen LogP contribution in [0.1, 0.15) is 18.4 Å². The third-order valence-electron chi connectivity index (χ3n) is 4.33. The standard InChI is InChI=1S/C15H16ClNO4/c1-7-3-2-4-8(16)13(7)17-14(18)11-9-5-6-10(21-9)12(11)15(19)20/h2-4,9-12H,5-6H2,1H3,(H,17,18)(H,19,20). The summed E-state index contributed by atoms with van der Waals surface area (Å²) in [5.41, 5.74) is 1.38. The summed E-state index contributed by atoms with van der Waals surface area (Å²) in [5, 5.41) is 12.6. The van der Waals surface area contributed by atoms with Crippen molar-refractivity contribution in [3.05, 3.63) is 28.8 Å². The van der Waals surface area contributed by atoms with E-state index in [1.165, 1.54) is 0 Å². The largest absolute Gasteiger partial charge is 0.481 e. The Balaban J connectivity index is 1.83. The van der Waals surface area contributed by atoms with Crippen LogP contribution in [0, 0.1) is 18.8 Å². The summed E-state index contributed by atoms with van der Waals surface area (Å²) >= 11 is 6.10. The van der Waals surface area contributed by atoms with Gasteiger partial charge < -0.3 is 15.2 Å². The highest BCUT2D eigenvalue weighted by Crippen LogP contribution is 2.44. The van der Waals surface area contributed by atoms with Gasteiger partial charge in [-0.3, -0.25) is 9.59 Å². The van der Waals surface area contributed by atoms with Crippen molar-refractivity contribution in [3.63, 3.8) is 0 Å². The lowest BCUT2D eigenvalue weighted by atomic mass is 9.78. The second-order valence-corrected chi connectivity index (χ2v) is 6.01. The molecule has 2 N–H and O–H groups in total. The van der Waals surface area contributed by atoms with Crippen molar-refractivity contribution in [1.82, 2.24) is 0 Å². The zero-order valence-corrected chi connectivity index (χ0v) is 12.3. The van der Waals surface area contributed by atoms with Crippen LogP contribution in [-0.2, 0) is 14.3 Å². The first kappa shape index (κ1) is 14.4. The Hall–Kier alpha value is -1.59. The highest BCUT2D eigenvalue weighted by atomic mass is 35.5. The molecule has 2 aliphatic heterocycles. The minimum absolute atomic E-state index is 0.307. The number of hydrogen-bond acceptors (Lipinski definition) is 3. The molecule has 6 heteroatoms. The van der Waals surface area contributed by atoms with Crippen LogP contribution >= 0.6 is 11.6 Å². The molecule has 2 fully saturated rings. The molecule has 2 heterocycles. The number of amides is 1. The molecule has 0 aliphatic carbocycles. The summed E-state index contributed by atoms with van der Waals surface area (Å²) in [5.74, 6) is -2.73. The van der Waals surface area contributed by atoms with Gasteiger partial charge in [-0.05, 0) is 31.4 Å². The number of anilines is 1. The van der Waals surface area contributed by atoms with E-state index in [2.05, 4.69) is 5.32 Å². The SMILES string of the molecule is Cc1cccc(Cl)c1NC(=O)C1C2CCC(O2)C1C(=O)O. The van der Waals surface area contributed by atoms with E-state index >= 15 is 0 Å². The molecule has 4 atom stereocenters. The van der Waals surface area contributed by atoms with Gasteiger partial charge in [0.2, 0.25) is 5.91 Å². The predicted octanol–water partition coefficient (Wildman–Crippen LogP) is 2.47. The fourth-order valence-corrected chi connectivity index (χ4v) is 3.59. The first-order chi connectivity index (χ1) is 9.99. The van der Waals surface area contributed by atoms with Crippen molar-refractivity contribution in [2.45, 2.75) is 32.0 Å². The van der Waals surface area contributed by atoms with Crippen LogP contribution in [0.2, 0.25) is 5.02 Å². The van der Waals surface area contributed by atoms with Crippen LogP contribution in [0.15, 0.2) is 18.2 Å². The molecule has 0 aromatic heterocycles. The Bertz CT molecular complexity index is 583. The van der Waals surface area contributed by atoms with Gasteiger partial charge in [-0.25, -0.2) is 0 Å². The van der Waals surface area contributed by atoms with Crippen molar-refractivity contribution >= 4 is 29.2 Å². The molecular weight excluding hydrogens is 294 g/mol. The fourth-order valence-electron chi connectivity index (χ4n) is 3.32. The smallest absolute Gasteiger partial charge is 0.310 e. The van der Waals surface area contributed by atoms with Gasteiger partial charge in [0.15, 0.2) is 0 Å². The first-order valence-electron chi connectivity index (χ1n) is 6.93. The number of aryl methyl sites for hydroxylation is 1. The van der Waals surface area contributed by atoms with Crippen LogP contribution in [-0.4, -0.2) is 29.2 Å². The molecule has 0 radical (unpaired) electrons. The van der Waals surface area contributed by atoms with E-state index in [1.54, 1.807) is 12.1 Å². The summed E-state index contributed by atoms with van der Waals surface area (Å²) in [7, 11) is 0. The molecule has 1 aromatic carbocycles. The second kappa shape index (κ2) is 5.31. The van der Waals surface area contributed by atoms with Crippen molar-refractivity contribution < 1.29 is 19.4 Å². The van der Waals surface area contributed by atoms with Crippen LogP contribution in [0.4, 0.5) is 5.69 Å². The number of hydrogen-bond donors (Lipinski definition) is 2. The first-order valence-corrected chi connectivity index (χ1v) is 7.31. The van der Waals surface area contributed by atoms with E-state index < -0.39 is 17.8 Å². The lowest BCUT2D eigenvalue weighted by molar-refractivity contribution is -0.147. The maximum atomic E-state index is 12.5. The van der Waals surface area contributed by atoms with Gasteiger partial charge in [-0.2, -0.15) is 0 Å². The van der Waals surface area contributed by atoms with E-state index in [-0.39, 0.29) is 18.1 Å². The van der Waals surface area contributed by atoms with Gasteiger partial charge in [0.25, 0.3) is 0 Å². The van der Waals surface area contributed by atoms with Crippen LogP contribution < -0.4 is 5.32 Å². The lowest BCUT2D eigenvalue weighted by Crippen LogP contribution is -2.41. The highest BCUT2D eigenvalue weighted by Gasteiger charge is 2.55. The van der Waals surface area contributed by atoms with Gasteiger partial charge in [-0.15, -0.1) is 0 Å². The predicted molar refractivity (Wildman–Crippen MR) is 77.3 cm³/mol. The quantitative estimate of drug-likeness (QED) is 0.899. The Kier molecular flexibility index (Phi) is 3.63. The van der Waals surface area contributed by atoms with E-state index in [9.17, 15) is 14.7 Å². The maximum absolute atomic E-state index is 12.5. The molecular formula is C15H16ClNO4. The molecule has 21 heavy (non-hydrogen) atoms. The molecule has 112 valence electrons. The van der Waals surface area contributed by atoms with Gasteiger partial charge in [0, 0.05) is 0 Å². The molecule has 3 rings (SSSR count).